The van der Waals surface area contributed by atoms with Gasteiger partial charge in [-0.1, -0.05) is 24.3 Å². The Labute approximate surface area is 164 Å². The smallest absolute Gasteiger partial charge is 0.191 e. The van der Waals surface area contributed by atoms with Gasteiger partial charge in [-0.3, -0.25) is 4.99 Å². The van der Waals surface area contributed by atoms with E-state index >= 15 is 0 Å². The minimum atomic E-state index is 0.737. The van der Waals surface area contributed by atoms with E-state index in [1.54, 1.807) is 24.6 Å². The summed E-state index contributed by atoms with van der Waals surface area (Å²) in [4.78, 5) is 14.2. The van der Waals surface area contributed by atoms with E-state index in [-0.39, 0.29) is 0 Å². The molecule has 0 bridgehead atoms. The van der Waals surface area contributed by atoms with Gasteiger partial charge >= 0.3 is 0 Å². The summed E-state index contributed by atoms with van der Waals surface area (Å²) < 4.78 is 2.06. The number of aromatic nitrogens is 3. The monoisotopic (exact) mass is 382 g/mol. The molecule has 0 saturated carbocycles. The molecule has 7 heteroatoms. The highest BCUT2D eigenvalue weighted by Gasteiger charge is 2.04. The number of hydrogen-bond donors (Lipinski definition) is 2. The van der Waals surface area contributed by atoms with Crippen LogP contribution in [-0.4, -0.2) is 34.1 Å². The van der Waals surface area contributed by atoms with Gasteiger partial charge in [0.05, 0.1) is 17.0 Å². The van der Waals surface area contributed by atoms with Crippen LogP contribution in [0.25, 0.3) is 0 Å². The summed E-state index contributed by atoms with van der Waals surface area (Å²) in [7, 11) is 1.79. The maximum Gasteiger partial charge on any atom is 0.191 e. The lowest BCUT2D eigenvalue weighted by Crippen LogP contribution is -2.37. The molecule has 0 spiro atoms. The molecule has 0 aliphatic rings. The number of aryl methyl sites for hydroxylation is 2. The standard InChI is InChI=1S/C20H26N6S/c1-15-16(2)27-19(25-15)8-9-23-20(21-3)24-12-17-4-6-18(7-5-17)13-26-11-10-22-14-26/h4-7,10-11,14H,8-9,12-13H2,1-3H3,(H2,21,23,24). The van der Waals surface area contributed by atoms with Crippen LogP contribution in [0.2, 0.25) is 0 Å². The van der Waals surface area contributed by atoms with Crippen molar-refractivity contribution in [1.82, 2.24) is 25.2 Å². The van der Waals surface area contributed by atoms with Crippen LogP contribution in [0.4, 0.5) is 0 Å². The zero-order valence-electron chi connectivity index (χ0n) is 16.1. The second-order valence-electron chi connectivity index (χ2n) is 6.40. The molecular formula is C20H26N6S. The quantitative estimate of drug-likeness (QED) is 0.487. The molecule has 0 aliphatic carbocycles. The van der Waals surface area contributed by atoms with Crippen molar-refractivity contribution in [2.45, 2.75) is 33.4 Å². The Bertz CT molecular complexity index is 845. The van der Waals surface area contributed by atoms with Gasteiger partial charge in [0.2, 0.25) is 0 Å². The predicted octanol–water partition coefficient (Wildman–Crippen LogP) is 2.91. The highest BCUT2D eigenvalue weighted by atomic mass is 32.1. The van der Waals surface area contributed by atoms with Crippen LogP contribution in [0.3, 0.4) is 0 Å². The number of rotatable bonds is 7. The Morgan fingerprint density at radius 2 is 1.93 bits per heavy atom. The van der Waals surface area contributed by atoms with Crippen molar-refractivity contribution in [3.05, 3.63) is 69.7 Å². The van der Waals surface area contributed by atoms with Gasteiger partial charge in [-0.05, 0) is 25.0 Å². The molecular weight excluding hydrogens is 356 g/mol. The number of aliphatic imine (C=N–C) groups is 1. The van der Waals surface area contributed by atoms with Crippen LogP contribution in [0, 0.1) is 13.8 Å². The Morgan fingerprint density at radius 3 is 2.56 bits per heavy atom. The van der Waals surface area contributed by atoms with Gasteiger partial charge in [0.1, 0.15) is 0 Å². The van der Waals surface area contributed by atoms with Crippen molar-refractivity contribution < 1.29 is 0 Å². The molecule has 0 unspecified atom stereocenters. The Morgan fingerprint density at radius 1 is 1.15 bits per heavy atom. The normalized spacial score (nSPS) is 11.6. The summed E-state index contributed by atoms with van der Waals surface area (Å²) in [5, 5.41) is 7.88. The first-order chi connectivity index (χ1) is 13.1. The second-order valence-corrected chi connectivity index (χ2v) is 7.69. The first kappa shape index (κ1) is 19.1. The molecule has 3 rings (SSSR count). The zero-order valence-corrected chi connectivity index (χ0v) is 16.9. The van der Waals surface area contributed by atoms with Crippen molar-refractivity contribution in [3.8, 4) is 0 Å². The van der Waals surface area contributed by atoms with Crippen molar-refractivity contribution >= 4 is 17.3 Å². The zero-order chi connectivity index (χ0) is 19.1. The molecule has 0 amide bonds. The molecule has 0 saturated heterocycles. The number of nitrogens with zero attached hydrogens (tertiary/aromatic N) is 4. The second kappa shape index (κ2) is 9.32. The molecule has 3 aromatic rings. The third kappa shape index (κ3) is 5.65. The van der Waals surface area contributed by atoms with Crippen molar-refractivity contribution in [2.75, 3.05) is 13.6 Å². The Kier molecular flexibility index (Phi) is 6.59. The Hall–Kier alpha value is -2.67. The third-order valence-corrected chi connectivity index (χ3v) is 5.47. The lowest BCUT2D eigenvalue weighted by atomic mass is 10.1. The third-order valence-electron chi connectivity index (χ3n) is 4.34. The predicted molar refractivity (Wildman–Crippen MR) is 111 cm³/mol. The first-order valence-corrected chi connectivity index (χ1v) is 9.86. The van der Waals surface area contributed by atoms with E-state index in [1.165, 1.54) is 21.0 Å². The van der Waals surface area contributed by atoms with Crippen molar-refractivity contribution in [1.29, 1.82) is 0 Å². The van der Waals surface area contributed by atoms with E-state index in [0.717, 1.165) is 37.7 Å². The van der Waals surface area contributed by atoms with Gasteiger partial charge in [-0.15, -0.1) is 11.3 Å². The number of nitrogens with one attached hydrogen (secondary N) is 2. The number of thiazole rings is 1. The maximum atomic E-state index is 4.57. The molecule has 1 aromatic carbocycles. The highest BCUT2D eigenvalue weighted by Crippen LogP contribution is 2.16. The van der Waals surface area contributed by atoms with Crippen LogP contribution in [0.15, 0.2) is 48.0 Å². The molecule has 0 radical (unpaired) electrons. The van der Waals surface area contributed by atoms with E-state index in [1.807, 2.05) is 12.5 Å². The highest BCUT2D eigenvalue weighted by molar-refractivity contribution is 7.11. The van der Waals surface area contributed by atoms with Crippen LogP contribution in [-0.2, 0) is 19.5 Å². The molecule has 2 aromatic heterocycles. The van der Waals surface area contributed by atoms with Gasteiger partial charge in [0.25, 0.3) is 0 Å². The van der Waals surface area contributed by atoms with Gasteiger partial charge in [0.15, 0.2) is 5.96 Å². The SMILES string of the molecule is CN=C(NCCc1nc(C)c(C)s1)NCc1ccc(Cn2ccnc2)cc1. The van der Waals surface area contributed by atoms with Crippen LogP contribution >= 0.6 is 11.3 Å². The van der Waals surface area contributed by atoms with E-state index < -0.39 is 0 Å². The molecule has 2 N–H and O–H groups in total. The average molecular weight is 383 g/mol. The fraction of sp³-hybridized carbons (Fsp3) is 0.350. The van der Waals surface area contributed by atoms with E-state index in [2.05, 4.69) is 68.3 Å². The molecule has 0 atom stereocenters. The van der Waals surface area contributed by atoms with Crippen LogP contribution in [0.1, 0.15) is 26.7 Å². The van der Waals surface area contributed by atoms with E-state index in [0.29, 0.717) is 0 Å². The molecule has 6 nitrogen and oxygen atoms in total. The van der Waals surface area contributed by atoms with Gasteiger partial charge in [-0.25, -0.2) is 9.97 Å². The number of benzene rings is 1. The summed E-state index contributed by atoms with van der Waals surface area (Å²) in [6, 6.07) is 8.60. The number of hydrogen-bond acceptors (Lipinski definition) is 4. The largest absolute Gasteiger partial charge is 0.356 e. The number of imidazole rings is 1. The fourth-order valence-corrected chi connectivity index (χ4v) is 3.63. The minimum absolute atomic E-state index is 0.737. The molecule has 142 valence electrons. The van der Waals surface area contributed by atoms with E-state index in [9.17, 15) is 0 Å². The molecule has 0 fully saturated rings. The van der Waals surface area contributed by atoms with Crippen molar-refractivity contribution in [2.24, 2.45) is 4.99 Å². The Balaban J connectivity index is 1.43. The molecule has 0 aliphatic heterocycles. The van der Waals surface area contributed by atoms with Gasteiger partial charge < -0.3 is 15.2 Å². The van der Waals surface area contributed by atoms with Crippen LogP contribution in [0.5, 0.6) is 0 Å². The summed E-state index contributed by atoms with van der Waals surface area (Å²) >= 11 is 1.77. The van der Waals surface area contributed by atoms with Crippen LogP contribution < -0.4 is 10.6 Å². The summed E-state index contributed by atoms with van der Waals surface area (Å²) in [5.74, 6) is 0.808. The lowest BCUT2D eigenvalue weighted by Gasteiger charge is -2.12. The first-order valence-electron chi connectivity index (χ1n) is 9.05. The summed E-state index contributed by atoms with van der Waals surface area (Å²) in [6.45, 7) is 6.57. The maximum absolute atomic E-state index is 4.57. The summed E-state index contributed by atoms with van der Waals surface area (Å²) in [5.41, 5.74) is 3.61. The van der Waals surface area contributed by atoms with Gasteiger partial charge in [-0.2, -0.15) is 0 Å². The number of guanidine groups is 1. The molecule has 2 heterocycles. The fourth-order valence-electron chi connectivity index (χ4n) is 2.69. The van der Waals surface area contributed by atoms with E-state index in [4.69, 9.17) is 0 Å². The lowest BCUT2D eigenvalue weighted by molar-refractivity contribution is 0.785. The molecule has 27 heavy (non-hydrogen) atoms. The summed E-state index contributed by atoms with van der Waals surface area (Å²) in [6.07, 6.45) is 6.51. The average Bonchev–Trinajstić information content (AvgIpc) is 3.29. The minimum Gasteiger partial charge on any atom is -0.356 e. The van der Waals surface area contributed by atoms with Crippen molar-refractivity contribution in [3.63, 3.8) is 0 Å². The van der Waals surface area contributed by atoms with Gasteiger partial charge in [0, 0.05) is 50.4 Å². The topological polar surface area (TPSA) is 67.1 Å².